The lowest BCUT2D eigenvalue weighted by Crippen LogP contribution is -2.26. The molecule has 0 radical (unpaired) electrons. The fourth-order valence-corrected chi connectivity index (χ4v) is 5.51. The van der Waals surface area contributed by atoms with Crippen LogP contribution in [0.5, 0.6) is 0 Å². The number of rotatable bonds is 6. The maximum absolute atomic E-state index is 14.2. The average Bonchev–Trinajstić information content (AvgIpc) is 3.43. The largest absolute Gasteiger partial charge is 0.324 e. The van der Waals surface area contributed by atoms with E-state index in [-0.39, 0.29) is 5.56 Å². The summed E-state index contributed by atoms with van der Waals surface area (Å²) in [5, 5.41) is 5.70. The average molecular weight is 588 g/mol. The van der Waals surface area contributed by atoms with E-state index in [1.807, 2.05) is 47.0 Å². The maximum atomic E-state index is 14.2. The molecule has 3 aromatic carbocycles. The number of carbonyl (C=O) groups excluding carboxylic acids is 1. The molecule has 3 aromatic heterocycles. The number of hydrogen-bond acceptors (Lipinski definition) is 6. The van der Waals surface area contributed by atoms with Crippen LogP contribution in [0.25, 0.3) is 28.3 Å². The van der Waals surface area contributed by atoms with Crippen LogP contribution in [-0.2, 0) is 13.0 Å². The van der Waals surface area contributed by atoms with Crippen molar-refractivity contribution in [3.05, 3.63) is 126 Å². The number of nitrogens with one attached hydrogen (secondary N) is 2. The van der Waals surface area contributed by atoms with E-state index in [1.54, 1.807) is 24.4 Å². The molecule has 0 spiro atoms. The number of nitrogens with zero attached hydrogens (tertiary/aromatic N) is 5. The Balaban J connectivity index is 1.24. The molecule has 0 bridgehead atoms. The van der Waals surface area contributed by atoms with Gasteiger partial charge < -0.3 is 15.5 Å². The van der Waals surface area contributed by atoms with Gasteiger partial charge in [0.2, 0.25) is 5.95 Å². The lowest BCUT2D eigenvalue weighted by atomic mass is 9.99. The standard InChI is InChI=1S/C34H27F2N7O/c1-42-17-14-21-11-12-25(19-24(21)20-42)38-34-37-15-13-28(39-34)32-30(40-29-10-2-3-16-43(29)32)22-6-4-7-23(18-22)33(44)41-31-26(35)8-5-9-27(31)36/h2-13,15-16,18-19H,14,17,20H2,1H3,(H,41,44)(H,37,38,39). The summed E-state index contributed by atoms with van der Waals surface area (Å²) in [6.45, 7) is 1.94. The van der Waals surface area contributed by atoms with E-state index in [9.17, 15) is 13.6 Å². The van der Waals surface area contributed by atoms with Crippen LogP contribution in [0.4, 0.5) is 26.1 Å². The Bertz CT molecular complexity index is 2020. The van der Waals surface area contributed by atoms with Gasteiger partial charge in [-0.2, -0.15) is 0 Å². The first-order chi connectivity index (χ1) is 21.4. The van der Waals surface area contributed by atoms with Crippen LogP contribution in [-0.4, -0.2) is 43.8 Å². The molecule has 1 aliphatic heterocycles. The number of amides is 1. The Kier molecular flexibility index (Phi) is 7.03. The van der Waals surface area contributed by atoms with Gasteiger partial charge in [-0.1, -0.05) is 30.3 Å². The van der Waals surface area contributed by atoms with Crippen molar-refractivity contribution in [2.75, 3.05) is 24.2 Å². The molecule has 2 N–H and O–H groups in total. The SMILES string of the molecule is CN1CCc2ccc(Nc3nccc(-c4c(-c5cccc(C(=O)Nc6c(F)cccc6F)c5)nc5ccccn45)n3)cc2C1. The summed E-state index contributed by atoms with van der Waals surface area (Å²) in [5.74, 6) is -1.92. The molecule has 0 aliphatic carbocycles. The zero-order valence-corrected chi connectivity index (χ0v) is 23.8. The van der Waals surface area contributed by atoms with Gasteiger partial charge in [0.05, 0.1) is 17.1 Å². The highest BCUT2D eigenvalue weighted by Gasteiger charge is 2.20. The molecule has 8 nitrogen and oxygen atoms in total. The minimum atomic E-state index is -0.854. The Labute approximate surface area is 252 Å². The number of pyridine rings is 1. The molecule has 0 atom stereocenters. The van der Waals surface area contributed by atoms with Crippen molar-refractivity contribution < 1.29 is 13.6 Å². The number of anilines is 3. The summed E-state index contributed by atoms with van der Waals surface area (Å²) in [6, 6.07) is 24.0. The molecule has 1 aliphatic rings. The summed E-state index contributed by atoms with van der Waals surface area (Å²) in [4.78, 5) is 29.5. The minimum absolute atomic E-state index is 0.219. The summed E-state index contributed by atoms with van der Waals surface area (Å²) >= 11 is 0. The van der Waals surface area contributed by atoms with Gasteiger partial charge in [0, 0.05) is 42.3 Å². The predicted octanol–water partition coefficient (Wildman–Crippen LogP) is 6.72. The fourth-order valence-electron chi connectivity index (χ4n) is 5.51. The molecule has 1 amide bonds. The van der Waals surface area contributed by atoms with Gasteiger partial charge in [-0.3, -0.25) is 9.20 Å². The van der Waals surface area contributed by atoms with Gasteiger partial charge in [-0.15, -0.1) is 0 Å². The number of likely N-dealkylation sites (N-methyl/N-ethyl adjacent to an activating group) is 1. The second-order valence-corrected chi connectivity index (χ2v) is 10.7. The number of aromatic nitrogens is 4. The van der Waals surface area contributed by atoms with Crippen molar-refractivity contribution >= 4 is 28.9 Å². The topological polar surface area (TPSA) is 87.5 Å². The van der Waals surface area contributed by atoms with Gasteiger partial charge in [0.25, 0.3) is 5.91 Å². The van der Waals surface area contributed by atoms with Crippen molar-refractivity contribution in [1.82, 2.24) is 24.3 Å². The third kappa shape index (κ3) is 5.27. The summed E-state index contributed by atoms with van der Waals surface area (Å²) in [5.41, 5.74) is 6.50. The Morgan fingerprint density at radius 3 is 2.59 bits per heavy atom. The number of imidazole rings is 1. The van der Waals surface area contributed by atoms with Crippen molar-refractivity contribution in [3.8, 4) is 22.6 Å². The molecule has 7 rings (SSSR count). The number of hydrogen-bond donors (Lipinski definition) is 2. The number of halogens is 2. The monoisotopic (exact) mass is 587 g/mol. The van der Waals surface area contributed by atoms with Crippen LogP contribution in [0.2, 0.25) is 0 Å². The van der Waals surface area contributed by atoms with E-state index in [0.717, 1.165) is 37.3 Å². The van der Waals surface area contributed by atoms with Crippen LogP contribution in [0, 0.1) is 11.6 Å². The minimum Gasteiger partial charge on any atom is -0.324 e. The second-order valence-electron chi connectivity index (χ2n) is 10.7. The molecule has 10 heteroatoms. The number of para-hydroxylation sites is 1. The molecule has 0 saturated carbocycles. The number of fused-ring (bicyclic) bond motifs is 2. The first kappa shape index (κ1) is 27.4. The van der Waals surface area contributed by atoms with Gasteiger partial charge in [0.15, 0.2) is 0 Å². The Morgan fingerprint density at radius 2 is 1.73 bits per heavy atom. The fraction of sp³-hybridized carbons (Fsp3) is 0.118. The third-order valence-electron chi connectivity index (χ3n) is 7.69. The van der Waals surface area contributed by atoms with Gasteiger partial charge in [-0.25, -0.2) is 23.7 Å². The maximum Gasteiger partial charge on any atom is 0.255 e. The van der Waals surface area contributed by atoms with Crippen molar-refractivity contribution in [2.45, 2.75) is 13.0 Å². The molecule has 0 fully saturated rings. The van der Waals surface area contributed by atoms with E-state index < -0.39 is 23.2 Å². The number of carbonyl (C=O) groups is 1. The van der Waals surface area contributed by atoms with Crippen LogP contribution < -0.4 is 10.6 Å². The molecule has 6 aromatic rings. The molecular weight excluding hydrogens is 560 g/mol. The van der Waals surface area contributed by atoms with E-state index in [0.29, 0.717) is 34.2 Å². The summed E-state index contributed by atoms with van der Waals surface area (Å²) < 4.78 is 30.3. The van der Waals surface area contributed by atoms with Crippen LogP contribution in [0.1, 0.15) is 21.5 Å². The Morgan fingerprint density at radius 1 is 0.886 bits per heavy atom. The van der Waals surface area contributed by atoms with Gasteiger partial charge in [0.1, 0.15) is 23.0 Å². The summed E-state index contributed by atoms with van der Waals surface area (Å²) in [7, 11) is 2.12. The van der Waals surface area contributed by atoms with E-state index >= 15 is 0 Å². The lowest BCUT2D eigenvalue weighted by Gasteiger charge is -2.25. The zero-order chi connectivity index (χ0) is 30.2. The molecule has 44 heavy (non-hydrogen) atoms. The van der Waals surface area contributed by atoms with Crippen molar-refractivity contribution in [3.63, 3.8) is 0 Å². The molecule has 0 saturated heterocycles. The third-order valence-corrected chi connectivity index (χ3v) is 7.69. The highest BCUT2D eigenvalue weighted by Crippen LogP contribution is 2.33. The van der Waals surface area contributed by atoms with E-state index in [1.165, 1.54) is 17.2 Å². The lowest BCUT2D eigenvalue weighted by molar-refractivity contribution is 0.102. The molecule has 4 heterocycles. The Hall–Kier alpha value is -5.48. The number of benzene rings is 3. The van der Waals surface area contributed by atoms with Gasteiger partial charge >= 0.3 is 0 Å². The summed E-state index contributed by atoms with van der Waals surface area (Å²) in [6.07, 6.45) is 4.61. The van der Waals surface area contributed by atoms with Crippen molar-refractivity contribution in [1.29, 1.82) is 0 Å². The second kappa shape index (κ2) is 11.3. The van der Waals surface area contributed by atoms with Crippen LogP contribution in [0.15, 0.2) is 97.3 Å². The zero-order valence-electron chi connectivity index (χ0n) is 23.8. The highest BCUT2D eigenvalue weighted by atomic mass is 19.1. The molecular formula is C34H27F2N7O. The quantitative estimate of drug-likeness (QED) is 0.225. The van der Waals surface area contributed by atoms with E-state index in [2.05, 4.69) is 39.7 Å². The van der Waals surface area contributed by atoms with Gasteiger partial charge in [-0.05, 0) is 79.2 Å². The first-order valence-electron chi connectivity index (χ1n) is 14.2. The predicted molar refractivity (Wildman–Crippen MR) is 166 cm³/mol. The van der Waals surface area contributed by atoms with E-state index in [4.69, 9.17) is 9.97 Å². The van der Waals surface area contributed by atoms with Crippen LogP contribution in [0.3, 0.4) is 0 Å². The van der Waals surface area contributed by atoms with Crippen molar-refractivity contribution in [2.24, 2.45) is 0 Å². The normalized spacial score (nSPS) is 13.1. The first-order valence-corrected chi connectivity index (χ1v) is 14.2. The van der Waals surface area contributed by atoms with Crippen LogP contribution >= 0.6 is 0 Å². The highest BCUT2D eigenvalue weighted by molar-refractivity contribution is 6.05. The molecule has 0 unspecified atom stereocenters. The smallest absolute Gasteiger partial charge is 0.255 e. The molecule has 218 valence electrons.